The molecular formula is C17H23FN2O4. The van der Waals surface area contributed by atoms with E-state index in [0.717, 1.165) is 6.07 Å². The van der Waals surface area contributed by atoms with Crippen molar-refractivity contribution in [3.63, 3.8) is 0 Å². The maximum atomic E-state index is 14.1. The number of anilines is 1. The molecule has 0 saturated heterocycles. The Balaban J connectivity index is 2.85. The molecule has 0 spiro atoms. The molecule has 0 bridgehead atoms. The van der Waals surface area contributed by atoms with Crippen LogP contribution in [-0.4, -0.2) is 28.9 Å². The maximum absolute atomic E-state index is 14.1. The number of carbonyl (C=O) groups is 3. The predicted octanol–water partition coefficient (Wildman–Crippen LogP) is 2.65. The number of carboxylic acid groups (broad SMARTS) is 1. The van der Waals surface area contributed by atoms with Crippen molar-refractivity contribution in [2.24, 2.45) is 11.8 Å². The Hall–Kier alpha value is -2.44. The molecule has 0 aromatic heterocycles. The van der Waals surface area contributed by atoms with Gasteiger partial charge in [0, 0.05) is 12.0 Å². The van der Waals surface area contributed by atoms with Crippen LogP contribution in [0, 0.1) is 17.7 Å². The summed E-state index contributed by atoms with van der Waals surface area (Å²) in [6, 6.07) is 2.53. The van der Waals surface area contributed by atoms with Gasteiger partial charge in [-0.05, 0) is 30.0 Å². The molecule has 1 aromatic carbocycles. The van der Waals surface area contributed by atoms with E-state index >= 15 is 0 Å². The molecule has 1 atom stereocenters. The third-order valence-corrected chi connectivity index (χ3v) is 3.32. The molecule has 1 unspecified atom stereocenters. The Labute approximate surface area is 140 Å². The lowest BCUT2D eigenvalue weighted by molar-refractivity contribution is -0.140. The number of hydrogen-bond donors (Lipinski definition) is 3. The highest BCUT2D eigenvalue weighted by molar-refractivity contribution is 5.97. The van der Waals surface area contributed by atoms with Crippen LogP contribution in [0.5, 0.6) is 0 Å². The second-order valence-corrected chi connectivity index (χ2v) is 6.37. The third kappa shape index (κ3) is 5.64. The van der Waals surface area contributed by atoms with Crippen molar-refractivity contribution in [3.05, 3.63) is 29.6 Å². The number of carboxylic acids is 1. The van der Waals surface area contributed by atoms with Crippen LogP contribution in [0.25, 0.3) is 0 Å². The van der Waals surface area contributed by atoms with Gasteiger partial charge < -0.3 is 15.7 Å². The number of benzene rings is 1. The van der Waals surface area contributed by atoms with Crippen LogP contribution in [-0.2, 0) is 9.59 Å². The molecule has 2 amide bonds. The standard InChI is InChI=1S/C17H23FN2O4/c1-9(2)7-14(21)19-13-6-5-11(8-12(13)18)16(22)20-15(10(3)4)17(23)24/h5-6,8-10,15H,7H2,1-4H3,(H,19,21)(H,20,22)(H,23,24). The van der Waals surface area contributed by atoms with Gasteiger partial charge in [-0.1, -0.05) is 27.7 Å². The summed E-state index contributed by atoms with van der Waals surface area (Å²) in [5.74, 6) is -3.08. The number of aliphatic carboxylic acids is 1. The molecule has 0 heterocycles. The number of rotatable bonds is 7. The van der Waals surface area contributed by atoms with E-state index in [1.165, 1.54) is 12.1 Å². The van der Waals surface area contributed by atoms with Crippen LogP contribution < -0.4 is 10.6 Å². The minimum absolute atomic E-state index is 0.0127. The highest BCUT2D eigenvalue weighted by atomic mass is 19.1. The fraction of sp³-hybridized carbons (Fsp3) is 0.471. The van der Waals surface area contributed by atoms with Gasteiger partial charge in [-0.15, -0.1) is 0 Å². The van der Waals surface area contributed by atoms with E-state index in [4.69, 9.17) is 5.11 Å². The molecule has 3 N–H and O–H groups in total. The van der Waals surface area contributed by atoms with Crippen LogP contribution in [0.3, 0.4) is 0 Å². The number of halogens is 1. The van der Waals surface area contributed by atoms with E-state index in [1.54, 1.807) is 13.8 Å². The van der Waals surface area contributed by atoms with Crippen molar-refractivity contribution >= 4 is 23.5 Å². The van der Waals surface area contributed by atoms with Gasteiger partial charge in [-0.25, -0.2) is 9.18 Å². The summed E-state index contributed by atoms with van der Waals surface area (Å²) in [5, 5.41) is 13.9. The molecule has 7 heteroatoms. The van der Waals surface area contributed by atoms with Gasteiger partial charge >= 0.3 is 5.97 Å². The van der Waals surface area contributed by atoms with Crippen molar-refractivity contribution in [2.75, 3.05) is 5.32 Å². The van der Waals surface area contributed by atoms with Gasteiger partial charge in [-0.3, -0.25) is 9.59 Å². The van der Waals surface area contributed by atoms with Gasteiger partial charge in [0.15, 0.2) is 0 Å². The largest absolute Gasteiger partial charge is 0.480 e. The molecule has 0 fully saturated rings. The second kappa shape index (κ2) is 8.42. The first kappa shape index (κ1) is 19.6. The molecule has 1 rings (SSSR count). The molecule has 0 aliphatic carbocycles. The van der Waals surface area contributed by atoms with Gasteiger partial charge in [-0.2, -0.15) is 0 Å². The van der Waals surface area contributed by atoms with Gasteiger partial charge in [0.25, 0.3) is 5.91 Å². The topological polar surface area (TPSA) is 95.5 Å². The summed E-state index contributed by atoms with van der Waals surface area (Å²) in [7, 11) is 0. The van der Waals surface area contributed by atoms with Gasteiger partial charge in [0.2, 0.25) is 5.91 Å². The third-order valence-electron chi connectivity index (χ3n) is 3.32. The van der Waals surface area contributed by atoms with Crippen molar-refractivity contribution in [1.82, 2.24) is 5.32 Å². The molecule has 0 saturated carbocycles. The Morgan fingerprint density at radius 1 is 1.17 bits per heavy atom. The molecule has 0 aliphatic heterocycles. The lowest BCUT2D eigenvalue weighted by Crippen LogP contribution is -2.44. The Bertz CT molecular complexity index is 629. The SMILES string of the molecule is CC(C)CC(=O)Nc1ccc(C(=O)NC(C(=O)O)C(C)C)cc1F. The Morgan fingerprint density at radius 2 is 1.79 bits per heavy atom. The zero-order chi connectivity index (χ0) is 18.4. The van der Waals surface area contributed by atoms with Crippen LogP contribution >= 0.6 is 0 Å². The fourth-order valence-corrected chi connectivity index (χ4v) is 2.07. The zero-order valence-corrected chi connectivity index (χ0v) is 14.2. The van der Waals surface area contributed by atoms with Crippen LogP contribution in [0.1, 0.15) is 44.5 Å². The summed E-state index contributed by atoms with van der Waals surface area (Å²) >= 11 is 0. The summed E-state index contributed by atoms with van der Waals surface area (Å²) in [6.45, 7) is 7.06. The molecule has 1 aromatic rings. The summed E-state index contributed by atoms with van der Waals surface area (Å²) in [6.07, 6.45) is 0.260. The first-order chi connectivity index (χ1) is 11.1. The number of nitrogens with one attached hydrogen (secondary N) is 2. The minimum Gasteiger partial charge on any atom is -0.480 e. The Morgan fingerprint density at radius 3 is 2.25 bits per heavy atom. The van der Waals surface area contributed by atoms with E-state index < -0.39 is 23.7 Å². The Kier molecular flexibility index (Phi) is 6.88. The molecule has 24 heavy (non-hydrogen) atoms. The van der Waals surface area contributed by atoms with E-state index in [9.17, 15) is 18.8 Å². The first-order valence-corrected chi connectivity index (χ1v) is 7.74. The predicted molar refractivity (Wildman–Crippen MR) is 88.2 cm³/mol. The average Bonchev–Trinajstić information content (AvgIpc) is 2.44. The number of amides is 2. The highest BCUT2D eigenvalue weighted by Gasteiger charge is 2.24. The first-order valence-electron chi connectivity index (χ1n) is 7.74. The van der Waals surface area contributed by atoms with E-state index in [0.29, 0.717) is 0 Å². The molecule has 0 radical (unpaired) electrons. The molecule has 6 nitrogen and oxygen atoms in total. The molecular weight excluding hydrogens is 315 g/mol. The van der Waals surface area contributed by atoms with Crippen molar-refractivity contribution in [3.8, 4) is 0 Å². The lowest BCUT2D eigenvalue weighted by Gasteiger charge is -2.18. The molecule has 132 valence electrons. The lowest BCUT2D eigenvalue weighted by atomic mass is 10.0. The number of hydrogen-bond acceptors (Lipinski definition) is 3. The van der Waals surface area contributed by atoms with Crippen molar-refractivity contribution in [2.45, 2.75) is 40.2 Å². The second-order valence-electron chi connectivity index (χ2n) is 6.37. The average molecular weight is 338 g/mol. The minimum atomic E-state index is -1.16. The van der Waals surface area contributed by atoms with Crippen LogP contribution in [0.2, 0.25) is 0 Å². The van der Waals surface area contributed by atoms with Gasteiger partial charge in [0.1, 0.15) is 11.9 Å². The van der Waals surface area contributed by atoms with Crippen LogP contribution in [0.4, 0.5) is 10.1 Å². The zero-order valence-electron chi connectivity index (χ0n) is 14.2. The number of carbonyl (C=O) groups excluding carboxylic acids is 2. The summed E-state index contributed by atoms with van der Waals surface area (Å²) in [4.78, 5) is 34.8. The van der Waals surface area contributed by atoms with Gasteiger partial charge in [0.05, 0.1) is 5.69 Å². The van der Waals surface area contributed by atoms with Crippen molar-refractivity contribution in [1.29, 1.82) is 0 Å². The normalized spacial score (nSPS) is 12.1. The molecule has 0 aliphatic rings. The fourth-order valence-electron chi connectivity index (χ4n) is 2.07. The maximum Gasteiger partial charge on any atom is 0.326 e. The quantitative estimate of drug-likeness (QED) is 0.712. The van der Waals surface area contributed by atoms with E-state index in [-0.39, 0.29) is 35.4 Å². The highest BCUT2D eigenvalue weighted by Crippen LogP contribution is 2.17. The van der Waals surface area contributed by atoms with E-state index in [2.05, 4.69) is 10.6 Å². The monoisotopic (exact) mass is 338 g/mol. The van der Waals surface area contributed by atoms with Crippen LogP contribution in [0.15, 0.2) is 18.2 Å². The summed E-state index contributed by atoms with van der Waals surface area (Å²) in [5.41, 5.74) is -0.0305. The van der Waals surface area contributed by atoms with E-state index in [1.807, 2.05) is 13.8 Å². The summed E-state index contributed by atoms with van der Waals surface area (Å²) < 4.78 is 14.1. The smallest absolute Gasteiger partial charge is 0.326 e. The van der Waals surface area contributed by atoms with Crippen molar-refractivity contribution < 1.29 is 23.9 Å².